The van der Waals surface area contributed by atoms with Crippen LogP contribution in [0.2, 0.25) is 0 Å². The summed E-state index contributed by atoms with van der Waals surface area (Å²) < 4.78 is 28.1. The average Bonchev–Trinajstić information content (AvgIpc) is 2.42. The van der Waals surface area contributed by atoms with Crippen LogP contribution >= 0.6 is 11.8 Å². The minimum Gasteiger partial charge on any atom is -0.330 e. The SMILES string of the molecule is CSc1ccc(C2(CN)CCCCC2)c(F)c1F. The van der Waals surface area contributed by atoms with Gasteiger partial charge in [0.05, 0.1) is 0 Å². The molecule has 18 heavy (non-hydrogen) atoms. The Kier molecular flexibility index (Phi) is 4.28. The lowest BCUT2D eigenvalue weighted by Crippen LogP contribution is -2.38. The summed E-state index contributed by atoms with van der Waals surface area (Å²) in [6, 6.07) is 3.40. The van der Waals surface area contributed by atoms with Gasteiger partial charge in [-0.05, 0) is 30.7 Å². The van der Waals surface area contributed by atoms with E-state index in [1.165, 1.54) is 11.8 Å². The van der Waals surface area contributed by atoms with Crippen LogP contribution < -0.4 is 5.73 Å². The molecule has 1 saturated carbocycles. The molecule has 1 fully saturated rings. The van der Waals surface area contributed by atoms with Crippen LogP contribution in [-0.2, 0) is 5.41 Å². The van der Waals surface area contributed by atoms with Gasteiger partial charge in [0.15, 0.2) is 11.6 Å². The second-order valence-corrected chi connectivity index (χ2v) is 5.84. The summed E-state index contributed by atoms with van der Waals surface area (Å²) in [6.07, 6.45) is 6.72. The Morgan fingerprint density at radius 1 is 1.17 bits per heavy atom. The highest BCUT2D eigenvalue weighted by atomic mass is 32.2. The molecule has 2 rings (SSSR count). The quantitative estimate of drug-likeness (QED) is 0.845. The van der Waals surface area contributed by atoms with Crippen LogP contribution in [0.5, 0.6) is 0 Å². The lowest BCUT2D eigenvalue weighted by Gasteiger charge is -2.37. The van der Waals surface area contributed by atoms with Crippen LogP contribution in [0.25, 0.3) is 0 Å². The lowest BCUT2D eigenvalue weighted by atomic mass is 9.69. The van der Waals surface area contributed by atoms with Crippen molar-refractivity contribution in [3.63, 3.8) is 0 Å². The van der Waals surface area contributed by atoms with Gasteiger partial charge in [-0.2, -0.15) is 0 Å². The summed E-state index contributed by atoms with van der Waals surface area (Å²) in [5.74, 6) is -1.42. The summed E-state index contributed by atoms with van der Waals surface area (Å²) in [7, 11) is 0. The molecule has 0 aliphatic heterocycles. The molecule has 0 saturated heterocycles. The standard InChI is InChI=1S/C14H19F2NS/c1-18-11-6-5-10(12(15)13(11)16)14(9-17)7-3-2-4-8-14/h5-6H,2-4,7-9,17H2,1H3. The molecule has 0 bridgehead atoms. The molecule has 2 N–H and O–H groups in total. The Labute approximate surface area is 111 Å². The predicted molar refractivity (Wildman–Crippen MR) is 72.0 cm³/mol. The topological polar surface area (TPSA) is 26.0 Å². The highest BCUT2D eigenvalue weighted by Crippen LogP contribution is 2.41. The molecule has 1 aromatic rings. The summed E-state index contributed by atoms with van der Waals surface area (Å²) in [4.78, 5) is 0.360. The molecular formula is C14H19F2NS. The van der Waals surface area contributed by atoms with Gasteiger partial charge >= 0.3 is 0 Å². The van der Waals surface area contributed by atoms with E-state index < -0.39 is 11.6 Å². The monoisotopic (exact) mass is 271 g/mol. The van der Waals surface area contributed by atoms with Crippen LogP contribution in [0.3, 0.4) is 0 Å². The van der Waals surface area contributed by atoms with E-state index >= 15 is 0 Å². The Morgan fingerprint density at radius 3 is 2.39 bits per heavy atom. The van der Waals surface area contributed by atoms with Crippen molar-refractivity contribution in [2.45, 2.75) is 42.4 Å². The van der Waals surface area contributed by atoms with Crippen LogP contribution in [0.1, 0.15) is 37.7 Å². The number of hydrogen-bond donors (Lipinski definition) is 1. The largest absolute Gasteiger partial charge is 0.330 e. The number of halogens is 2. The number of hydrogen-bond acceptors (Lipinski definition) is 2. The zero-order chi connectivity index (χ0) is 13.2. The molecular weight excluding hydrogens is 252 g/mol. The van der Waals surface area contributed by atoms with Crippen LogP contribution in [0, 0.1) is 11.6 Å². The molecule has 0 atom stereocenters. The van der Waals surface area contributed by atoms with Gasteiger partial charge in [0, 0.05) is 16.9 Å². The third-order valence-corrected chi connectivity index (χ3v) is 4.79. The van der Waals surface area contributed by atoms with Crippen LogP contribution in [0.4, 0.5) is 8.78 Å². The van der Waals surface area contributed by atoms with Crippen molar-refractivity contribution in [1.29, 1.82) is 0 Å². The molecule has 1 aliphatic rings. The minimum absolute atomic E-state index is 0.360. The second-order valence-electron chi connectivity index (χ2n) is 4.99. The van der Waals surface area contributed by atoms with Crippen molar-refractivity contribution in [2.24, 2.45) is 5.73 Å². The van der Waals surface area contributed by atoms with Crippen molar-refractivity contribution in [3.8, 4) is 0 Å². The molecule has 100 valence electrons. The van der Waals surface area contributed by atoms with Crippen molar-refractivity contribution in [1.82, 2.24) is 0 Å². The first kappa shape index (κ1) is 13.8. The number of rotatable bonds is 3. The smallest absolute Gasteiger partial charge is 0.172 e. The predicted octanol–water partition coefficient (Wildman–Crippen LogP) is 3.85. The van der Waals surface area contributed by atoms with Crippen molar-refractivity contribution >= 4 is 11.8 Å². The molecule has 0 amide bonds. The van der Waals surface area contributed by atoms with E-state index in [9.17, 15) is 8.78 Å². The summed E-state index contributed by atoms with van der Waals surface area (Å²) in [5, 5.41) is 0. The second kappa shape index (κ2) is 5.57. The highest BCUT2D eigenvalue weighted by molar-refractivity contribution is 7.98. The van der Waals surface area contributed by atoms with Crippen LogP contribution in [-0.4, -0.2) is 12.8 Å². The van der Waals surface area contributed by atoms with Gasteiger partial charge in [-0.3, -0.25) is 0 Å². The van der Waals surface area contributed by atoms with Crippen molar-refractivity contribution in [3.05, 3.63) is 29.3 Å². The van der Waals surface area contributed by atoms with Crippen LogP contribution in [0.15, 0.2) is 17.0 Å². The zero-order valence-electron chi connectivity index (χ0n) is 10.6. The molecule has 0 spiro atoms. The maximum atomic E-state index is 14.2. The molecule has 0 aromatic heterocycles. The Bertz CT molecular complexity index is 428. The molecule has 0 heterocycles. The maximum absolute atomic E-state index is 14.2. The van der Waals surface area contributed by atoms with Gasteiger partial charge in [-0.25, -0.2) is 8.78 Å². The molecule has 0 radical (unpaired) electrons. The third kappa shape index (κ3) is 2.28. The van der Waals surface area contributed by atoms with E-state index in [2.05, 4.69) is 0 Å². The Morgan fingerprint density at radius 2 is 1.83 bits per heavy atom. The van der Waals surface area contributed by atoms with Crippen molar-refractivity contribution < 1.29 is 8.78 Å². The van der Waals surface area contributed by atoms with Crippen molar-refractivity contribution in [2.75, 3.05) is 12.8 Å². The first-order valence-electron chi connectivity index (χ1n) is 6.37. The van der Waals surface area contributed by atoms with E-state index in [-0.39, 0.29) is 5.41 Å². The zero-order valence-corrected chi connectivity index (χ0v) is 11.5. The molecule has 1 aliphatic carbocycles. The van der Waals surface area contributed by atoms with E-state index in [1.54, 1.807) is 18.4 Å². The molecule has 4 heteroatoms. The summed E-state index contributed by atoms with van der Waals surface area (Å²) in [6.45, 7) is 0.391. The van der Waals surface area contributed by atoms with E-state index in [0.717, 1.165) is 32.1 Å². The first-order chi connectivity index (χ1) is 8.64. The van der Waals surface area contributed by atoms with Gasteiger partial charge in [-0.1, -0.05) is 25.3 Å². The minimum atomic E-state index is -0.724. The van der Waals surface area contributed by atoms with Gasteiger partial charge in [0.25, 0.3) is 0 Å². The summed E-state index contributed by atoms with van der Waals surface area (Å²) in [5.41, 5.74) is 5.98. The fraction of sp³-hybridized carbons (Fsp3) is 0.571. The van der Waals surface area contributed by atoms with Gasteiger partial charge < -0.3 is 5.73 Å². The maximum Gasteiger partial charge on any atom is 0.172 e. The van der Waals surface area contributed by atoms with Gasteiger partial charge in [0.1, 0.15) is 0 Å². The summed E-state index contributed by atoms with van der Waals surface area (Å²) >= 11 is 1.23. The lowest BCUT2D eigenvalue weighted by molar-refractivity contribution is 0.287. The van der Waals surface area contributed by atoms with Gasteiger partial charge in [-0.15, -0.1) is 11.8 Å². The third-order valence-electron chi connectivity index (χ3n) is 4.04. The highest BCUT2D eigenvalue weighted by Gasteiger charge is 2.36. The number of thioether (sulfide) groups is 1. The average molecular weight is 271 g/mol. The first-order valence-corrected chi connectivity index (χ1v) is 7.59. The van der Waals surface area contributed by atoms with E-state index in [0.29, 0.717) is 17.0 Å². The number of benzene rings is 1. The number of nitrogens with two attached hydrogens (primary N) is 1. The molecule has 0 unspecified atom stereocenters. The normalized spacial score (nSPS) is 18.9. The van der Waals surface area contributed by atoms with E-state index in [1.807, 2.05) is 0 Å². The van der Waals surface area contributed by atoms with Gasteiger partial charge in [0.2, 0.25) is 0 Å². The fourth-order valence-electron chi connectivity index (χ4n) is 2.91. The molecule has 1 aromatic carbocycles. The Balaban J connectivity index is 2.46. The molecule has 1 nitrogen and oxygen atoms in total. The van der Waals surface area contributed by atoms with E-state index in [4.69, 9.17) is 5.73 Å². The Hall–Kier alpha value is -0.610. The fourth-order valence-corrected chi connectivity index (χ4v) is 3.38.